The number of nitrogens with one attached hydrogen (secondary N) is 1. The zero-order valence-corrected chi connectivity index (χ0v) is 10.2. The van der Waals surface area contributed by atoms with Crippen LogP contribution in [0.5, 0.6) is 0 Å². The van der Waals surface area contributed by atoms with Crippen molar-refractivity contribution in [1.29, 1.82) is 0 Å². The van der Waals surface area contributed by atoms with E-state index in [2.05, 4.69) is 5.32 Å². The minimum Gasteiger partial charge on any atom is -0.381 e. The Kier molecular flexibility index (Phi) is 4.29. The highest BCUT2D eigenvalue weighted by Crippen LogP contribution is 2.25. The monoisotopic (exact) mass is 261 g/mol. The Morgan fingerprint density at radius 1 is 1.38 bits per heavy atom. The second-order valence-corrected chi connectivity index (χ2v) is 4.45. The summed E-state index contributed by atoms with van der Waals surface area (Å²) in [5.41, 5.74) is 0.876. The van der Waals surface area contributed by atoms with E-state index in [1.54, 1.807) is 12.1 Å². The second kappa shape index (κ2) is 5.73. The fraction of sp³-hybridized carbons (Fsp3) is 0.455. The van der Waals surface area contributed by atoms with Crippen molar-refractivity contribution in [2.45, 2.75) is 12.5 Å². The van der Waals surface area contributed by atoms with Gasteiger partial charge in [-0.25, -0.2) is 0 Å². The number of hydrogen-bond acceptors (Lipinski definition) is 3. The van der Waals surface area contributed by atoms with E-state index in [0.29, 0.717) is 16.8 Å². The molecular weight excluding hydrogens is 249 g/mol. The SMILES string of the molecule is Clc1ccc(NCC2CCOCO2)c(Cl)c1. The third kappa shape index (κ3) is 3.25. The molecule has 88 valence electrons. The van der Waals surface area contributed by atoms with Gasteiger partial charge in [0.25, 0.3) is 0 Å². The molecule has 3 nitrogen and oxygen atoms in total. The minimum atomic E-state index is 0.181. The summed E-state index contributed by atoms with van der Waals surface area (Å²) >= 11 is 11.8. The lowest BCUT2D eigenvalue weighted by Crippen LogP contribution is -2.30. The predicted molar refractivity (Wildman–Crippen MR) is 65.3 cm³/mol. The van der Waals surface area contributed by atoms with Crippen LogP contribution in [0.25, 0.3) is 0 Å². The number of benzene rings is 1. The van der Waals surface area contributed by atoms with Gasteiger partial charge in [-0.15, -0.1) is 0 Å². The maximum atomic E-state index is 6.03. The predicted octanol–water partition coefficient (Wildman–Crippen LogP) is 3.17. The van der Waals surface area contributed by atoms with Gasteiger partial charge in [0.15, 0.2) is 0 Å². The molecule has 1 aromatic rings. The largest absolute Gasteiger partial charge is 0.381 e. The first-order chi connectivity index (χ1) is 7.75. The van der Waals surface area contributed by atoms with Gasteiger partial charge in [-0.2, -0.15) is 0 Å². The molecule has 1 N–H and O–H groups in total. The number of rotatable bonds is 3. The smallest absolute Gasteiger partial charge is 0.147 e. The molecule has 0 amide bonds. The Bertz CT molecular complexity index is 354. The first-order valence-electron chi connectivity index (χ1n) is 5.14. The molecule has 0 bridgehead atoms. The third-order valence-electron chi connectivity index (χ3n) is 2.42. The highest BCUT2D eigenvalue weighted by molar-refractivity contribution is 6.36. The van der Waals surface area contributed by atoms with Crippen LogP contribution < -0.4 is 5.32 Å². The molecule has 0 spiro atoms. The van der Waals surface area contributed by atoms with Crippen LogP contribution in [-0.4, -0.2) is 26.0 Å². The topological polar surface area (TPSA) is 30.5 Å². The van der Waals surface area contributed by atoms with Crippen molar-refractivity contribution in [3.05, 3.63) is 28.2 Å². The normalized spacial score (nSPS) is 20.8. The molecule has 0 saturated carbocycles. The van der Waals surface area contributed by atoms with Gasteiger partial charge in [-0.1, -0.05) is 23.2 Å². The summed E-state index contributed by atoms with van der Waals surface area (Å²) in [5, 5.41) is 4.50. The Labute approximate surface area is 105 Å². The molecule has 5 heteroatoms. The number of ether oxygens (including phenoxy) is 2. The first kappa shape index (κ1) is 12.0. The van der Waals surface area contributed by atoms with E-state index in [0.717, 1.165) is 25.3 Å². The Balaban J connectivity index is 1.88. The molecule has 1 fully saturated rings. The molecule has 0 aromatic heterocycles. The molecule has 1 aromatic carbocycles. The minimum absolute atomic E-state index is 0.181. The lowest BCUT2D eigenvalue weighted by atomic mass is 10.2. The average Bonchev–Trinajstić information content (AvgIpc) is 2.29. The van der Waals surface area contributed by atoms with E-state index in [9.17, 15) is 0 Å². The van der Waals surface area contributed by atoms with Crippen LogP contribution in [-0.2, 0) is 9.47 Å². The van der Waals surface area contributed by atoms with Crippen molar-refractivity contribution in [2.24, 2.45) is 0 Å². The molecule has 1 aliphatic rings. The van der Waals surface area contributed by atoms with Crippen molar-refractivity contribution >= 4 is 28.9 Å². The molecule has 16 heavy (non-hydrogen) atoms. The molecule has 1 atom stereocenters. The molecule has 1 heterocycles. The van der Waals surface area contributed by atoms with Gasteiger partial charge < -0.3 is 14.8 Å². The van der Waals surface area contributed by atoms with E-state index in [4.69, 9.17) is 32.7 Å². The maximum absolute atomic E-state index is 6.03. The summed E-state index contributed by atoms with van der Waals surface area (Å²) in [5.74, 6) is 0. The number of hydrogen-bond donors (Lipinski definition) is 1. The van der Waals surface area contributed by atoms with E-state index in [1.165, 1.54) is 0 Å². The molecule has 1 saturated heterocycles. The van der Waals surface area contributed by atoms with E-state index in [1.807, 2.05) is 6.07 Å². The van der Waals surface area contributed by atoms with Crippen LogP contribution in [0.3, 0.4) is 0 Å². The summed E-state index contributed by atoms with van der Waals surface area (Å²) in [6, 6.07) is 5.39. The lowest BCUT2D eigenvalue weighted by molar-refractivity contribution is -0.133. The van der Waals surface area contributed by atoms with E-state index in [-0.39, 0.29) is 6.10 Å². The van der Waals surface area contributed by atoms with Gasteiger partial charge in [0.1, 0.15) is 6.79 Å². The van der Waals surface area contributed by atoms with Crippen molar-refractivity contribution in [2.75, 3.05) is 25.3 Å². The number of halogens is 2. The van der Waals surface area contributed by atoms with Crippen molar-refractivity contribution in [3.63, 3.8) is 0 Å². The third-order valence-corrected chi connectivity index (χ3v) is 2.97. The van der Waals surface area contributed by atoms with Crippen LogP contribution in [0, 0.1) is 0 Å². The van der Waals surface area contributed by atoms with Crippen LogP contribution >= 0.6 is 23.2 Å². The summed E-state index contributed by atoms with van der Waals surface area (Å²) in [6.07, 6.45) is 1.08. The zero-order chi connectivity index (χ0) is 11.4. The summed E-state index contributed by atoms with van der Waals surface area (Å²) in [6.45, 7) is 1.85. The summed E-state index contributed by atoms with van der Waals surface area (Å²) < 4.78 is 10.5. The second-order valence-electron chi connectivity index (χ2n) is 3.61. The maximum Gasteiger partial charge on any atom is 0.147 e. The van der Waals surface area contributed by atoms with Crippen molar-refractivity contribution in [3.8, 4) is 0 Å². The van der Waals surface area contributed by atoms with Gasteiger partial charge in [-0.3, -0.25) is 0 Å². The van der Waals surface area contributed by atoms with Gasteiger partial charge in [-0.05, 0) is 24.6 Å². The first-order valence-corrected chi connectivity index (χ1v) is 5.89. The van der Waals surface area contributed by atoms with Gasteiger partial charge >= 0.3 is 0 Å². The van der Waals surface area contributed by atoms with Crippen LogP contribution in [0.4, 0.5) is 5.69 Å². The zero-order valence-electron chi connectivity index (χ0n) is 8.71. The van der Waals surface area contributed by atoms with Crippen LogP contribution in [0.15, 0.2) is 18.2 Å². The van der Waals surface area contributed by atoms with Crippen LogP contribution in [0.2, 0.25) is 10.0 Å². The fourth-order valence-electron chi connectivity index (χ4n) is 1.52. The molecule has 0 aliphatic carbocycles. The molecular formula is C11H13Cl2NO2. The standard InChI is InChI=1S/C11H13Cl2NO2/c12-8-1-2-11(10(13)5-8)14-6-9-3-4-15-7-16-9/h1-2,5,9,14H,3-4,6-7H2. The van der Waals surface area contributed by atoms with Gasteiger partial charge in [0, 0.05) is 11.6 Å². The lowest BCUT2D eigenvalue weighted by Gasteiger charge is -2.23. The molecule has 1 aliphatic heterocycles. The molecule has 0 radical (unpaired) electrons. The molecule has 1 unspecified atom stereocenters. The van der Waals surface area contributed by atoms with Gasteiger partial charge in [0.05, 0.1) is 23.4 Å². The average molecular weight is 262 g/mol. The fourth-order valence-corrected chi connectivity index (χ4v) is 1.99. The highest BCUT2D eigenvalue weighted by atomic mass is 35.5. The number of anilines is 1. The Morgan fingerprint density at radius 3 is 2.94 bits per heavy atom. The van der Waals surface area contributed by atoms with E-state index < -0.39 is 0 Å². The van der Waals surface area contributed by atoms with Gasteiger partial charge in [0.2, 0.25) is 0 Å². The summed E-state index contributed by atoms with van der Waals surface area (Å²) in [4.78, 5) is 0. The van der Waals surface area contributed by atoms with E-state index >= 15 is 0 Å². The van der Waals surface area contributed by atoms with Crippen LogP contribution in [0.1, 0.15) is 6.42 Å². The Hall–Kier alpha value is -0.480. The van der Waals surface area contributed by atoms with Crippen molar-refractivity contribution in [1.82, 2.24) is 0 Å². The van der Waals surface area contributed by atoms with Crippen molar-refractivity contribution < 1.29 is 9.47 Å². The summed E-state index contributed by atoms with van der Waals surface area (Å²) in [7, 11) is 0. The quantitative estimate of drug-likeness (QED) is 0.907. The highest BCUT2D eigenvalue weighted by Gasteiger charge is 2.14. The Morgan fingerprint density at radius 2 is 2.25 bits per heavy atom. The molecule has 2 rings (SSSR count).